The molecule has 29 heavy (non-hydrogen) atoms. The summed E-state index contributed by atoms with van der Waals surface area (Å²) < 4.78 is 44.2. The fourth-order valence-electron chi connectivity index (χ4n) is 3.33. The van der Waals surface area contributed by atoms with E-state index >= 15 is 0 Å². The third kappa shape index (κ3) is 5.70. The number of hydrogen-bond donors (Lipinski definition) is 0. The van der Waals surface area contributed by atoms with Crippen molar-refractivity contribution < 1.29 is 22.7 Å². The third-order valence-corrected chi connectivity index (χ3v) is 4.81. The number of rotatable bonds is 5. The lowest BCUT2D eigenvalue weighted by Gasteiger charge is -2.32. The summed E-state index contributed by atoms with van der Waals surface area (Å²) in [5, 5.41) is 8.92. The van der Waals surface area contributed by atoms with Crippen LogP contribution in [0.1, 0.15) is 29.5 Å². The quantitative estimate of drug-likeness (QED) is 0.761. The van der Waals surface area contributed by atoms with Crippen LogP contribution in [0.25, 0.3) is 0 Å². The van der Waals surface area contributed by atoms with Gasteiger partial charge in [0.1, 0.15) is 0 Å². The zero-order valence-electron chi connectivity index (χ0n) is 15.7. The Kier molecular flexibility index (Phi) is 6.37. The first kappa shape index (κ1) is 20.6. The maximum absolute atomic E-state index is 12.9. The lowest BCUT2D eigenvalue weighted by Crippen LogP contribution is -2.42. The predicted molar refractivity (Wildman–Crippen MR) is 98.9 cm³/mol. The van der Waals surface area contributed by atoms with Gasteiger partial charge in [-0.25, -0.2) is 4.98 Å². The molecule has 0 bridgehead atoms. The van der Waals surface area contributed by atoms with E-state index in [9.17, 15) is 18.0 Å². The summed E-state index contributed by atoms with van der Waals surface area (Å²) >= 11 is 0. The van der Waals surface area contributed by atoms with Crippen molar-refractivity contribution in [2.24, 2.45) is 5.92 Å². The number of hydrogen-bond acceptors (Lipinski definition) is 4. The van der Waals surface area contributed by atoms with E-state index in [1.54, 1.807) is 17.0 Å². The van der Waals surface area contributed by atoms with Crippen LogP contribution in [0.15, 0.2) is 42.6 Å². The number of likely N-dealkylation sites (tertiary alicyclic amines) is 1. The van der Waals surface area contributed by atoms with Gasteiger partial charge in [-0.05, 0) is 30.5 Å². The number of nitrogens with zero attached hydrogens (tertiary/aromatic N) is 3. The summed E-state index contributed by atoms with van der Waals surface area (Å²) in [4.78, 5) is 18.3. The van der Waals surface area contributed by atoms with E-state index in [0.29, 0.717) is 36.7 Å². The molecule has 5 nitrogen and oxygen atoms in total. The van der Waals surface area contributed by atoms with Gasteiger partial charge in [-0.1, -0.05) is 18.2 Å². The molecule has 1 aliphatic heterocycles. The first-order valence-corrected chi connectivity index (χ1v) is 9.28. The van der Waals surface area contributed by atoms with Crippen molar-refractivity contribution in [1.82, 2.24) is 9.88 Å². The van der Waals surface area contributed by atoms with Crippen LogP contribution in [-0.2, 0) is 17.4 Å². The van der Waals surface area contributed by atoms with Gasteiger partial charge in [0.05, 0.1) is 30.2 Å². The van der Waals surface area contributed by atoms with Gasteiger partial charge >= 0.3 is 6.18 Å². The fraction of sp³-hybridized carbons (Fsp3) is 0.381. The first-order chi connectivity index (χ1) is 13.8. The van der Waals surface area contributed by atoms with Crippen molar-refractivity contribution >= 4 is 5.91 Å². The molecule has 0 aliphatic carbocycles. The molecular formula is C21H20F3N3O2. The van der Waals surface area contributed by atoms with E-state index in [1.807, 2.05) is 6.07 Å². The minimum Gasteiger partial charge on any atom is -0.477 e. The van der Waals surface area contributed by atoms with Crippen LogP contribution < -0.4 is 4.74 Å². The number of piperidine rings is 1. The molecule has 1 unspecified atom stereocenters. The average Bonchev–Trinajstić information content (AvgIpc) is 2.72. The molecule has 152 valence electrons. The molecule has 2 heterocycles. The van der Waals surface area contributed by atoms with Crippen LogP contribution in [0.4, 0.5) is 13.2 Å². The molecule has 1 aromatic carbocycles. The Morgan fingerprint density at radius 1 is 1.31 bits per heavy atom. The van der Waals surface area contributed by atoms with Crippen LogP contribution in [0.3, 0.4) is 0 Å². The summed E-state index contributed by atoms with van der Waals surface area (Å²) in [7, 11) is 0. The Morgan fingerprint density at radius 3 is 2.90 bits per heavy atom. The van der Waals surface area contributed by atoms with Gasteiger partial charge in [-0.3, -0.25) is 4.79 Å². The molecule has 2 aromatic rings. The maximum atomic E-state index is 12.9. The highest BCUT2D eigenvalue weighted by Crippen LogP contribution is 2.29. The number of amides is 1. The number of halogens is 3. The van der Waals surface area contributed by atoms with Crippen LogP contribution >= 0.6 is 0 Å². The lowest BCUT2D eigenvalue weighted by molar-refractivity contribution is -0.138. The second-order valence-electron chi connectivity index (χ2n) is 7.03. The van der Waals surface area contributed by atoms with Crippen molar-refractivity contribution in [3.8, 4) is 11.9 Å². The topological polar surface area (TPSA) is 66.2 Å². The first-order valence-electron chi connectivity index (χ1n) is 9.28. The van der Waals surface area contributed by atoms with Gasteiger partial charge < -0.3 is 9.64 Å². The van der Waals surface area contributed by atoms with Gasteiger partial charge in [0.15, 0.2) is 0 Å². The minimum atomic E-state index is -4.43. The zero-order valence-corrected chi connectivity index (χ0v) is 15.7. The average molecular weight is 403 g/mol. The molecule has 1 amide bonds. The number of benzene rings is 1. The second kappa shape index (κ2) is 8.95. The van der Waals surface area contributed by atoms with Crippen LogP contribution in [0.5, 0.6) is 5.88 Å². The molecule has 0 N–H and O–H groups in total. The van der Waals surface area contributed by atoms with Crippen molar-refractivity contribution in [1.29, 1.82) is 5.26 Å². The number of pyridine rings is 1. The molecule has 1 aromatic heterocycles. The predicted octanol–water partition coefficient (Wildman–Crippen LogP) is 3.83. The summed E-state index contributed by atoms with van der Waals surface area (Å²) in [6, 6.07) is 10.0. The Labute approximate surface area is 166 Å². The number of carbonyl (C=O) groups excluding carboxylic acids is 1. The zero-order chi connectivity index (χ0) is 20.9. The van der Waals surface area contributed by atoms with E-state index in [-0.39, 0.29) is 18.2 Å². The molecule has 3 rings (SSSR count). The van der Waals surface area contributed by atoms with Crippen LogP contribution in [-0.4, -0.2) is 35.5 Å². The highest BCUT2D eigenvalue weighted by molar-refractivity contribution is 5.79. The van der Waals surface area contributed by atoms with E-state index in [0.717, 1.165) is 25.0 Å². The van der Waals surface area contributed by atoms with Gasteiger partial charge in [0, 0.05) is 31.3 Å². The number of alkyl halides is 3. The number of nitriles is 1. The molecule has 0 saturated carbocycles. The van der Waals surface area contributed by atoms with E-state index in [4.69, 9.17) is 10.00 Å². The molecule has 8 heteroatoms. The van der Waals surface area contributed by atoms with Gasteiger partial charge in [-0.15, -0.1) is 0 Å². The van der Waals surface area contributed by atoms with Crippen molar-refractivity contribution in [3.63, 3.8) is 0 Å². The van der Waals surface area contributed by atoms with E-state index in [2.05, 4.69) is 4.98 Å². The molecule has 1 fully saturated rings. The molecular weight excluding hydrogens is 383 g/mol. The Bertz CT molecular complexity index is 909. The Balaban J connectivity index is 1.56. The maximum Gasteiger partial charge on any atom is 0.416 e. The van der Waals surface area contributed by atoms with Crippen molar-refractivity contribution in [2.75, 3.05) is 19.7 Å². The minimum absolute atomic E-state index is 0.0662. The lowest BCUT2D eigenvalue weighted by atomic mass is 9.98. The number of aromatic nitrogens is 1. The van der Waals surface area contributed by atoms with Crippen molar-refractivity contribution in [3.05, 3.63) is 59.3 Å². The summed E-state index contributed by atoms with van der Waals surface area (Å²) in [5.74, 6) is 0.261. The molecule has 0 radical (unpaired) electrons. The molecule has 1 atom stereocenters. The molecule has 0 spiro atoms. The monoisotopic (exact) mass is 403 g/mol. The van der Waals surface area contributed by atoms with E-state index in [1.165, 1.54) is 18.3 Å². The standard InChI is InChI=1S/C21H20F3N3O2/c22-21(23,24)18-5-1-3-15(9-18)11-20(28)27-8-2-4-17(13-27)14-29-19-10-16(12-25)6-7-26-19/h1,3,5-7,9-10,17H,2,4,8,11,13-14H2. The molecule has 1 aliphatic rings. The highest BCUT2D eigenvalue weighted by atomic mass is 19.4. The largest absolute Gasteiger partial charge is 0.477 e. The summed E-state index contributed by atoms with van der Waals surface area (Å²) in [6.45, 7) is 1.42. The van der Waals surface area contributed by atoms with Gasteiger partial charge in [0.2, 0.25) is 11.8 Å². The smallest absolute Gasteiger partial charge is 0.416 e. The normalized spacial score (nSPS) is 16.9. The summed E-state index contributed by atoms with van der Waals surface area (Å²) in [6.07, 6.45) is -1.31. The van der Waals surface area contributed by atoms with Crippen LogP contribution in [0, 0.1) is 17.2 Å². The SMILES string of the molecule is N#Cc1ccnc(OCC2CCCN(C(=O)Cc3cccc(C(F)(F)F)c3)C2)c1. The number of carbonyl (C=O) groups is 1. The van der Waals surface area contributed by atoms with Gasteiger partial charge in [-0.2, -0.15) is 18.4 Å². The number of ether oxygens (including phenoxy) is 1. The second-order valence-corrected chi connectivity index (χ2v) is 7.03. The van der Waals surface area contributed by atoms with Crippen molar-refractivity contribution in [2.45, 2.75) is 25.4 Å². The fourth-order valence-corrected chi connectivity index (χ4v) is 3.33. The molecule has 1 saturated heterocycles. The van der Waals surface area contributed by atoms with E-state index < -0.39 is 11.7 Å². The summed E-state index contributed by atoms with van der Waals surface area (Å²) in [5.41, 5.74) is 0.0528. The Morgan fingerprint density at radius 2 is 2.14 bits per heavy atom. The third-order valence-electron chi connectivity index (χ3n) is 4.81. The Hall–Kier alpha value is -3.08. The highest BCUT2D eigenvalue weighted by Gasteiger charge is 2.31. The van der Waals surface area contributed by atoms with Crippen LogP contribution in [0.2, 0.25) is 0 Å². The van der Waals surface area contributed by atoms with Gasteiger partial charge in [0.25, 0.3) is 0 Å².